The number of pyridine rings is 1. The highest BCUT2D eigenvalue weighted by Crippen LogP contribution is 2.29. The minimum Gasteiger partial charge on any atom is -0.346 e. The lowest BCUT2D eigenvalue weighted by Gasteiger charge is -2.12. The van der Waals surface area contributed by atoms with Gasteiger partial charge in [0.1, 0.15) is 11.5 Å². The van der Waals surface area contributed by atoms with Crippen molar-refractivity contribution < 1.29 is 14.0 Å². The molecule has 0 bridgehead atoms. The number of hydrogen-bond acceptors (Lipinski definition) is 2. The molecule has 132 valence electrons. The largest absolute Gasteiger partial charge is 0.346 e. The first-order valence-corrected chi connectivity index (χ1v) is 8.85. The summed E-state index contributed by atoms with van der Waals surface area (Å²) in [5, 5.41) is 2.86. The smallest absolute Gasteiger partial charge is 0.294 e. The van der Waals surface area contributed by atoms with Crippen LogP contribution in [0.2, 0.25) is 0 Å². The van der Waals surface area contributed by atoms with Crippen LogP contribution in [-0.4, -0.2) is 22.1 Å². The molecule has 0 atom stereocenters. The molecule has 1 amide bonds. The van der Waals surface area contributed by atoms with Crippen LogP contribution in [0.4, 0.5) is 4.39 Å². The van der Waals surface area contributed by atoms with Gasteiger partial charge < -0.3 is 9.72 Å². The Balaban J connectivity index is 1.76. The van der Waals surface area contributed by atoms with E-state index in [0.29, 0.717) is 16.8 Å². The first-order chi connectivity index (χ1) is 12.6. The first kappa shape index (κ1) is 16.5. The zero-order chi connectivity index (χ0) is 18.1. The van der Waals surface area contributed by atoms with Gasteiger partial charge in [0.25, 0.3) is 11.7 Å². The summed E-state index contributed by atoms with van der Waals surface area (Å²) in [4.78, 5) is 25.5. The molecule has 26 heavy (non-hydrogen) atoms. The second kappa shape index (κ2) is 6.75. The maximum absolute atomic E-state index is 13.3. The van der Waals surface area contributed by atoms with Crippen LogP contribution < -0.4 is 5.32 Å². The highest BCUT2D eigenvalue weighted by atomic mass is 19.1. The summed E-state index contributed by atoms with van der Waals surface area (Å²) >= 11 is 0. The van der Waals surface area contributed by atoms with Crippen LogP contribution in [0, 0.1) is 5.82 Å². The Kier molecular flexibility index (Phi) is 4.29. The van der Waals surface area contributed by atoms with Gasteiger partial charge >= 0.3 is 0 Å². The minimum atomic E-state index is -0.580. The standard InChI is InChI=1S/C21H19FN2O2/c22-15-10-8-14(9-11-15)18-13-17-7-3-4-12-24(17)19(18)20(25)21(26)23-16-5-1-2-6-16/h3-4,7-13,16H,1-2,5-6H2,(H,23,26). The maximum Gasteiger partial charge on any atom is 0.294 e. The summed E-state index contributed by atoms with van der Waals surface area (Å²) in [6, 6.07) is 13.4. The SMILES string of the molecule is O=C(NC1CCCC1)C(=O)c1c(-c2ccc(F)cc2)cc2ccccn12. The van der Waals surface area contributed by atoms with Crippen molar-refractivity contribution in [1.82, 2.24) is 9.72 Å². The van der Waals surface area contributed by atoms with Crippen molar-refractivity contribution in [3.63, 3.8) is 0 Å². The summed E-state index contributed by atoms with van der Waals surface area (Å²) in [6.45, 7) is 0. The van der Waals surface area contributed by atoms with E-state index in [1.165, 1.54) is 12.1 Å². The van der Waals surface area contributed by atoms with Crippen LogP contribution in [0.1, 0.15) is 36.2 Å². The van der Waals surface area contributed by atoms with Crippen molar-refractivity contribution in [2.24, 2.45) is 0 Å². The molecule has 1 aliphatic carbocycles. The van der Waals surface area contributed by atoms with Crippen LogP contribution in [0.25, 0.3) is 16.6 Å². The van der Waals surface area contributed by atoms with Gasteiger partial charge in [-0.25, -0.2) is 4.39 Å². The molecule has 1 saturated carbocycles. The molecular weight excluding hydrogens is 331 g/mol. The van der Waals surface area contributed by atoms with E-state index >= 15 is 0 Å². The van der Waals surface area contributed by atoms with Crippen molar-refractivity contribution in [2.75, 3.05) is 0 Å². The summed E-state index contributed by atoms with van der Waals surface area (Å²) in [7, 11) is 0. The van der Waals surface area contributed by atoms with Gasteiger partial charge in [0.15, 0.2) is 0 Å². The number of benzene rings is 1. The van der Waals surface area contributed by atoms with Crippen LogP contribution >= 0.6 is 0 Å². The molecule has 2 heterocycles. The van der Waals surface area contributed by atoms with Crippen molar-refractivity contribution in [3.8, 4) is 11.1 Å². The summed E-state index contributed by atoms with van der Waals surface area (Å²) in [5.74, 6) is -1.49. The number of nitrogens with zero attached hydrogens (tertiary/aromatic N) is 1. The number of carbonyl (C=O) groups excluding carboxylic acids is 2. The third-order valence-corrected chi connectivity index (χ3v) is 4.95. The monoisotopic (exact) mass is 350 g/mol. The number of Topliss-reactive ketones (excluding diaryl/α,β-unsaturated/α-hetero) is 1. The molecule has 3 aromatic rings. The van der Waals surface area contributed by atoms with Gasteiger partial charge in [-0.15, -0.1) is 0 Å². The number of aromatic nitrogens is 1. The molecule has 0 spiro atoms. The fourth-order valence-corrected chi connectivity index (χ4v) is 3.63. The van der Waals surface area contributed by atoms with Crippen LogP contribution in [0.3, 0.4) is 0 Å². The average molecular weight is 350 g/mol. The molecule has 1 fully saturated rings. The molecule has 1 aliphatic rings. The second-order valence-electron chi connectivity index (χ2n) is 6.69. The Labute approximate surface area is 150 Å². The Bertz CT molecular complexity index is 969. The normalized spacial score (nSPS) is 14.7. The van der Waals surface area contributed by atoms with Gasteiger partial charge in [0, 0.05) is 23.3 Å². The van der Waals surface area contributed by atoms with Gasteiger partial charge in [0.05, 0.1) is 0 Å². The molecule has 4 nitrogen and oxygen atoms in total. The maximum atomic E-state index is 13.3. The Morgan fingerprint density at radius 1 is 1.04 bits per heavy atom. The van der Waals surface area contributed by atoms with Gasteiger partial charge in [-0.3, -0.25) is 9.59 Å². The number of ketones is 1. The fourth-order valence-electron chi connectivity index (χ4n) is 3.63. The third kappa shape index (κ3) is 3.01. The van der Waals surface area contributed by atoms with E-state index in [4.69, 9.17) is 0 Å². The van der Waals surface area contributed by atoms with E-state index in [-0.39, 0.29) is 11.9 Å². The van der Waals surface area contributed by atoms with Crippen LogP contribution in [-0.2, 0) is 4.79 Å². The minimum absolute atomic E-state index is 0.0759. The highest BCUT2D eigenvalue weighted by Gasteiger charge is 2.27. The van der Waals surface area contributed by atoms with Crippen molar-refractivity contribution >= 4 is 17.2 Å². The molecule has 0 radical (unpaired) electrons. The summed E-state index contributed by atoms with van der Waals surface area (Å²) in [6.07, 6.45) is 5.75. The van der Waals surface area contributed by atoms with E-state index in [9.17, 15) is 14.0 Å². The van der Waals surface area contributed by atoms with E-state index < -0.39 is 11.7 Å². The number of rotatable bonds is 4. The number of nitrogens with one attached hydrogen (secondary N) is 1. The Morgan fingerprint density at radius 3 is 2.50 bits per heavy atom. The van der Waals surface area contributed by atoms with Crippen LogP contribution in [0.5, 0.6) is 0 Å². The zero-order valence-electron chi connectivity index (χ0n) is 14.2. The van der Waals surface area contributed by atoms with Gasteiger partial charge in [-0.1, -0.05) is 31.0 Å². The molecule has 0 unspecified atom stereocenters. The third-order valence-electron chi connectivity index (χ3n) is 4.95. The summed E-state index contributed by atoms with van der Waals surface area (Å²) in [5.41, 5.74) is 2.45. The molecule has 1 N–H and O–H groups in total. The van der Waals surface area contributed by atoms with Gasteiger partial charge in [0.2, 0.25) is 0 Å². The van der Waals surface area contributed by atoms with Crippen molar-refractivity contribution in [3.05, 3.63) is 66.2 Å². The fraction of sp³-hybridized carbons (Fsp3) is 0.238. The molecular formula is C21H19FN2O2. The number of fused-ring (bicyclic) bond motifs is 1. The number of hydrogen-bond donors (Lipinski definition) is 1. The lowest BCUT2D eigenvalue weighted by Crippen LogP contribution is -2.38. The van der Waals surface area contributed by atoms with E-state index in [2.05, 4.69) is 5.32 Å². The molecule has 0 saturated heterocycles. The zero-order valence-corrected chi connectivity index (χ0v) is 14.2. The number of halogens is 1. The van der Waals surface area contributed by atoms with Gasteiger partial charge in [-0.05, 0) is 48.7 Å². The topological polar surface area (TPSA) is 50.6 Å². The molecule has 0 aliphatic heterocycles. The predicted octanol–water partition coefficient (Wildman–Crippen LogP) is 3.99. The molecule has 1 aromatic carbocycles. The van der Waals surface area contributed by atoms with E-state index in [1.54, 1.807) is 22.7 Å². The molecule has 2 aromatic heterocycles. The number of amides is 1. The van der Waals surface area contributed by atoms with E-state index in [0.717, 1.165) is 31.2 Å². The average Bonchev–Trinajstić information content (AvgIpc) is 3.29. The molecule has 5 heteroatoms. The Hall–Kier alpha value is -2.95. The van der Waals surface area contributed by atoms with Crippen molar-refractivity contribution in [1.29, 1.82) is 0 Å². The quantitative estimate of drug-likeness (QED) is 0.571. The lowest BCUT2D eigenvalue weighted by molar-refractivity contribution is -0.117. The van der Waals surface area contributed by atoms with E-state index in [1.807, 2.05) is 24.3 Å². The lowest BCUT2D eigenvalue weighted by atomic mass is 10.0. The first-order valence-electron chi connectivity index (χ1n) is 8.85. The predicted molar refractivity (Wildman–Crippen MR) is 97.5 cm³/mol. The van der Waals surface area contributed by atoms with Crippen LogP contribution in [0.15, 0.2) is 54.7 Å². The molecule has 4 rings (SSSR count). The number of carbonyl (C=O) groups is 2. The Morgan fingerprint density at radius 2 is 1.77 bits per heavy atom. The van der Waals surface area contributed by atoms with Gasteiger partial charge in [-0.2, -0.15) is 0 Å². The summed E-state index contributed by atoms with van der Waals surface area (Å²) < 4.78 is 15.0. The van der Waals surface area contributed by atoms with Crippen molar-refractivity contribution in [2.45, 2.75) is 31.7 Å². The second-order valence-corrected chi connectivity index (χ2v) is 6.69. The highest BCUT2D eigenvalue weighted by molar-refractivity contribution is 6.43.